The maximum absolute atomic E-state index is 11.7. The minimum Gasteiger partial charge on any atom is -0.288 e. The Morgan fingerprint density at radius 1 is 1.19 bits per heavy atom. The molecule has 1 N–H and O–H groups in total. The largest absolute Gasteiger partial charge is 0.288 e. The van der Waals surface area contributed by atoms with Crippen LogP contribution in [0.4, 0.5) is 0 Å². The molecule has 80 valence electrons. The van der Waals surface area contributed by atoms with E-state index in [1.807, 2.05) is 0 Å². The number of hydrogen-bond acceptors (Lipinski definition) is 5. The van der Waals surface area contributed by atoms with Crippen molar-refractivity contribution in [2.45, 2.75) is 6.29 Å². The fourth-order valence-electron chi connectivity index (χ4n) is 1.67. The van der Waals surface area contributed by atoms with Crippen molar-refractivity contribution >= 4 is 17.6 Å². The maximum atomic E-state index is 11.7. The Balaban J connectivity index is 2.16. The first-order valence-electron chi connectivity index (χ1n) is 4.53. The predicted octanol–water partition coefficient (Wildman–Crippen LogP) is 0.0408. The Labute approximate surface area is 89.1 Å². The lowest BCUT2D eigenvalue weighted by Crippen LogP contribution is -2.21. The molecule has 6 heteroatoms. The van der Waals surface area contributed by atoms with Crippen LogP contribution in [0.3, 0.4) is 0 Å². The first-order valence-corrected chi connectivity index (χ1v) is 4.53. The summed E-state index contributed by atoms with van der Waals surface area (Å²) < 4.78 is 0. The molecule has 2 amide bonds. The van der Waals surface area contributed by atoms with E-state index in [1.54, 1.807) is 0 Å². The topological polar surface area (TPSA) is 88.3 Å². The maximum Gasteiger partial charge on any atom is 0.286 e. The third-order valence-corrected chi connectivity index (χ3v) is 2.44. The Bertz CT molecular complexity index is 532. The van der Waals surface area contributed by atoms with Crippen LogP contribution in [0.15, 0.2) is 18.2 Å². The van der Waals surface area contributed by atoms with Gasteiger partial charge < -0.3 is 0 Å². The van der Waals surface area contributed by atoms with E-state index < -0.39 is 23.9 Å². The van der Waals surface area contributed by atoms with Gasteiger partial charge in [0.1, 0.15) is 0 Å². The quantitative estimate of drug-likeness (QED) is 0.328. The van der Waals surface area contributed by atoms with E-state index in [0.29, 0.717) is 0 Å². The van der Waals surface area contributed by atoms with Gasteiger partial charge in [0.05, 0.1) is 11.1 Å². The lowest BCUT2D eigenvalue weighted by atomic mass is 9.99. The number of ketones is 1. The molecule has 1 fully saturated rings. The van der Waals surface area contributed by atoms with E-state index in [4.69, 9.17) is 0 Å². The molecule has 2 aliphatic rings. The van der Waals surface area contributed by atoms with Crippen LogP contribution in [0, 0.1) is 0 Å². The molecule has 2 heterocycles. The SMILES string of the molecule is O=C1NC(=O)c2c1cccc2C(=O)C1OO1. The number of hydrogen-bond donors (Lipinski definition) is 1. The van der Waals surface area contributed by atoms with E-state index in [9.17, 15) is 14.4 Å². The molecule has 6 nitrogen and oxygen atoms in total. The zero-order chi connectivity index (χ0) is 11.3. The van der Waals surface area contributed by atoms with Crippen molar-refractivity contribution in [3.8, 4) is 0 Å². The summed E-state index contributed by atoms with van der Waals surface area (Å²) in [4.78, 5) is 43.2. The average Bonchev–Trinajstić information content (AvgIpc) is 3.07. The van der Waals surface area contributed by atoms with E-state index >= 15 is 0 Å². The van der Waals surface area contributed by atoms with Gasteiger partial charge in [-0.2, -0.15) is 9.78 Å². The van der Waals surface area contributed by atoms with Gasteiger partial charge in [-0.25, -0.2) is 0 Å². The lowest BCUT2D eigenvalue weighted by molar-refractivity contribution is 0.0850. The summed E-state index contributed by atoms with van der Waals surface area (Å²) in [7, 11) is 0. The first-order chi connectivity index (χ1) is 7.68. The van der Waals surface area contributed by atoms with Gasteiger partial charge in [0, 0.05) is 5.56 Å². The third-order valence-electron chi connectivity index (χ3n) is 2.44. The van der Waals surface area contributed by atoms with Crippen molar-refractivity contribution in [3.05, 3.63) is 34.9 Å². The number of benzene rings is 1. The molecule has 1 aromatic carbocycles. The summed E-state index contributed by atoms with van der Waals surface area (Å²) in [6.07, 6.45) is -0.949. The van der Waals surface area contributed by atoms with Gasteiger partial charge in [-0.05, 0) is 6.07 Å². The van der Waals surface area contributed by atoms with Gasteiger partial charge in [0.25, 0.3) is 18.1 Å². The summed E-state index contributed by atoms with van der Waals surface area (Å²) >= 11 is 0. The molecule has 0 aromatic heterocycles. The predicted molar refractivity (Wildman–Crippen MR) is 48.5 cm³/mol. The molecule has 0 atom stereocenters. The standard InChI is InChI=1S/C10H5NO5/c12-7(10-15-16-10)4-2-1-3-5-6(4)9(14)11-8(5)13/h1-3,10H,(H,11,13,14). The van der Waals surface area contributed by atoms with Crippen LogP contribution < -0.4 is 5.32 Å². The molecular weight excluding hydrogens is 214 g/mol. The smallest absolute Gasteiger partial charge is 0.286 e. The highest BCUT2D eigenvalue weighted by Crippen LogP contribution is 2.25. The molecule has 0 bridgehead atoms. The van der Waals surface area contributed by atoms with E-state index in [-0.39, 0.29) is 16.7 Å². The number of imide groups is 1. The number of Topliss-reactive ketones (excluding diaryl/α,β-unsaturated/α-hetero) is 1. The van der Waals surface area contributed by atoms with Gasteiger partial charge in [0.2, 0.25) is 5.78 Å². The molecule has 1 saturated heterocycles. The third kappa shape index (κ3) is 1.17. The molecule has 3 rings (SSSR count). The fraction of sp³-hybridized carbons (Fsp3) is 0.100. The van der Waals surface area contributed by atoms with Crippen molar-refractivity contribution in [2.75, 3.05) is 0 Å². The second-order valence-corrected chi connectivity index (χ2v) is 3.40. The van der Waals surface area contributed by atoms with Crippen molar-refractivity contribution in [2.24, 2.45) is 0 Å². The zero-order valence-electron chi connectivity index (χ0n) is 7.85. The van der Waals surface area contributed by atoms with Gasteiger partial charge in [-0.15, -0.1) is 0 Å². The summed E-state index contributed by atoms with van der Waals surface area (Å²) in [5.74, 6) is -1.52. The molecule has 0 spiro atoms. The van der Waals surface area contributed by atoms with Crippen molar-refractivity contribution < 1.29 is 24.2 Å². The molecular formula is C10H5NO5. The highest BCUT2D eigenvalue weighted by molar-refractivity contribution is 6.25. The molecule has 0 radical (unpaired) electrons. The van der Waals surface area contributed by atoms with Gasteiger partial charge >= 0.3 is 0 Å². The van der Waals surface area contributed by atoms with Crippen LogP contribution in [-0.2, 0) is 9.78 Å². The van der Waals surface area contributed by atoms with Crippen LogP contribution in [0.1, 0.15) is 31.1 Å². The minimum atomic E-state index is -0.949. The Morgan fingerprint density at radius 3 is 2.62 bits per heavy atom. The number of amides is 2. The fourth-order valence-corrected chi connectivity index (χ4v) is 1.67. The van der Waals surface area contributed by atoms with Crippen molar-refractivity contribution in [1.29, 1.82) is 0 Å². The zero-order valence-corrected chi connectivity index (χ0v) is 7.85. The second-order valence-electron chi connectivity index (χ2n) is 3.40. The Hall–Kier alpha value is -2.05. The molecule has 2 aliphatic heterocycles. The van der Waals surface area contributed by atoms with E-state index in [2.05, 4.69) is 15.1 Å². The summed E-state index contributed by atoms with van der Waals surface area (Å²) in [6.45, 7) is 0. The van der Waals surface area contributed by atoms with Crippen LogP contribution >= 0.6 is 0 Å². The summed E-state index contributed by atoms with van der Waals surface area (Å²) in [5, 5.41) is 2.13. The Morgan fingerprint density at radius 2 is 1.94 bits per heavy atom. The summed E-state index contributed by atoms with van der Waals surface area (Å²) in [5.41, 5.74) is 0.441. The normalized spacial score (nSPS) is 18.2. The molecule has 0 aliphatic carbocycles. The van der Waals surface area contributed by atoms with Crippen LogP contribution in [0.5, 0.6) is 0 Å². The molecule has 0 unspecified atom stereocenters. The van der Waals surface area contributed by atoms with Crippen molar-refractivity contribution in [1.82, 2.24) is 5.32 Å². The van der Waals surface area contributed by atoms with Gasteiger partial charge in [0.15, 0.2) is 0 Å². The van der Waals surface area contributed by atoms with Crippen LogP contribution in [0.25, 0.3) is 0 Å². The first kappa shape index (κ1) is 9.20. The highest BCUT2D eigenvalue weighted by Gasteiger charge is 2.40. The van der Waals surface area contributed by atoms with E-state index in [1.165, 1.54) is 18.2 Å². The van der Waals surface area contributed by atoms with Crippen LogP contribution in [0.2, 0.25) is 0 Å². The van der Waals surface area contributed by atoms with Crippen molar-refractivity contribution in [3.63, 3.8) is 0 Å². The molecule has 1 aromatic rings. The Kier molecular flexibility index (Phi) is 1.71. The van der Waals surface area contributed by atoms with Gasteiger partial charge in [-0.1, -0.05) is 12.1 Å². The number of carbonyl (C=O) groups is 3. The minimum absolute atomic E-state index is 0.0941. The number of rotatable bonds is 2. The molecule has 16 heavy (non-hydrogen) atoms. The second kappa shape index (κ2) is 2.97. The number of nitrogens with one attached hydrogen (secondary N) is 1. The highest BCUT2D eigenvalue weighted by atomic mass is 17.4. The van der Waals surface area contributed by atoms with E-state index in [0.717, 1.165) is 0 Å². The van der Waals surface area contributed by atoms with Gasteiger partial charge in [-0.3, -0.25) is 19.7 Å². The van der Waals surface area contributed by atoms with Crippen LogP contribution in [-0.4, -0.2) is 23.9 Å². The lowest BCUT2D eigenvalue weighted by Gasteiger charge is -2.00. The summed E-state index contributed by atoms with van der Waals surface area (Å²) in [6, 6.07) is 4.48. The number of carbonyl (C=O) groups excluding carboxylic acids is 3. The average molecular weight is 219 g/mol. The molecule has 0 saturated carbocycles. The number of fused-ring (bicyclic) bond motifs is 1. The monoisotopic (exact) mass is 219 g/mol.